The van der Waals surface area contributed by atoms with Gasteiger partial charge in [0, 0.05) is 32.7 Å². The molecule has 2 aliphatic heterocycles. The van der Waals surface area contributed by atoms with E-state index in [1.54, 1.807) is 8.61 Å². The zero-order valence-corrected chi connectivity index (χ0v) is 13.7. The Bertz CT molecular complexity index is 385. The summed E-state index contributed by atoms with van der Waals surface area (Å²) in [6, 6.07) is 0. The lowest BCUT2D eigenvalue weighted by Crippen LogP contribution is -2.48. The molecular formula is C14H29N3O2S. The zero-order valence-electron chi connectivity index (χ0n) is 12.9. The standard InChI is InChI=1S/C14H29N3O2S/c1-3-16(13-12-15-8-4-5-9-15)20(18,19)17-10-6-14(2)7-11-17/h14H,3-13H2,1-2H3. The Kier molecular flexibility index (Phi) is 5.84. The molecule has 2 aliphatic rings. The number of likely N-dealkylation sites (N-methyl/N-ethyl adjacent to an activating group) is 1. The fourth-order valence-corrected chi connectivity index (χ4v) is 4.71. The highest BCUT2D eigenvalue weighted by Crippen LogP contribution is 2.20. The van der Waals surface area contributed by atoms with E-state index in [2.05, 4.69) is 11.8 Å². The topological polar surface area (TPSA) is 43.9 Å². The highest BCUT2D eigenvalue weighted by molar-refractivity contribution is 7.86. The van der Waals surface area contributed by atoms with Gasteiger partial charge in [0.05, 0.1) is 0 Å². The van der Waals surface area contributed by atoms with E-state index in [-0.39, 0.29) is 0 Å². The van der Waals surface area contributed by atoms with Gasteiger partial charge in [-0.25, -0.2) is 0 Å². The van der Waals surface area contributed by atoms with E-state index in [9.17, 15) is 8.42 Å². The predicted octanol–water partition coefficient (Wildman–Crippen LogP) is 1.38. The highest BCUT2D eigenvalue weighted by atomic mass is 32.2. The molecule has 0 saturated carbocycles. The first-order valence-electron chi connectivity index (χ1n) is 8.01. The number of hydrogen-bond acceptors (Lipinski definition) is 3. The van der Waals surface area contributed by atoms with Crippen molar-refractivity contribution in [1.29, 1.82) is 0 Å². The number of hydrogen-bond donors (Lipinski definition) is 0. The molecule has 2 fully saturated rings. The van der Waals surface area contributed by atoms with Gasteiger partial charge >= 0.3 is 0 Å². The molecule has 0 atom stereocenters. The predicted molar refractivity (Wildman–Crippen MR) is 81.8 cm³/mol. The van der Waals surface area contributed by atoms with Gasteiger partial charge in [0.2, 0.25) is 0 Å². The molecule has 0 aromatic rings. The molecule has 0 N–H and O–H groups in total. The minimum absolute atomic E-state index is 0.572. The molecule has 0 aliphatic carbocycles. The van der Waals surface area contributed by atoms with E-state index in [0.29, 0.717) is 32.1 Å². The first-order valence-corrected chi connectivity index (χ1v) is 9.41. The minimum atomic E-state index is -3.25. The third kappa shape index (κ3) is 3.93. The van der Waals surface area contributed by atoms with Crippen LogP contribution in [0.25, 0.3) is 0 Å². The Hall–Kier alpha value is -0.170. The molecule has 5 nitrogen and oxygen atoms in total. The van der Waals surface area contributed by atoms with Gasteiger partial charge in [-0.2, -0.15) is 17.0 Å². The van der Waals surface area contributed by atoms with Gasteiger partial charge in [0.25, 0.3) is 10.2 Å². The monoisotopic (exact) mass is 303 g/mol. The molecule has 0 unspecified atom stereocenters. The van der Waals surface area contributed by atoms with Crippen molar-refractivity contribution >= 4 is 10.2 Å². The molecule has 0 spiro atoms. The summed E-state index contributed by atoms with van der Waals surface area (Å²) >= 11 is 0. The Morgan fingerprint density at radius 1 is 1.10 bits per heavy atom. The number of piperidine rings is 1. The molecule has 0 aromatic heterocycles. The molecule has 6 heteroatoms. The van der Waals surface area contributed by atoms with E-state index in [4.69, 9.17) is 0 Å². The van der Waals surface area contributed by atoms with Crippen LogP contribution in [0.5, 0.6) is 0 Å². The van der Waals surface area contributed by atoms with E-state index in [0.717, 1.165) is 32.5 Å². The van der Waals surface area contributed by atoms with E-state index >= 15 is 0 Å². The average molecular weight is 303 g/mol. The first kappa shape index (κ1) is 16.2. The largest absolute Gasteiger partial charge is 0.302 e. The summed E-state index contributed by atoms with van der Waals surface area (Å²) in [5.41, 5.74) is 0. The van der Waals surface area contributed by atoms with Crippen LogP contribution in [0.3, 0.4) is 0 Å². The summed E-state index contributed by atoms with van der Waals surface area (Å²) in [7, 11) is -3.25. The zero-order chi connectivity index (χ0) is 14.6. The second-order valence-electron chi connectivity index (χ2n) is 6.13. The summed E-state index contributed by atoms with van der Waals surface area (Å²) in [6.07, 6.45) is 4.48. The Morgan fingerprint density at radius 3 is 2.25 bits per heavy atom. The van der Waals surface area contributed by atoms with Gasteiger partial charge < -0.3 is 4.90 Å². The van der Waals surface area contributed by atoms with Crippen molar-refractivity contribution in [2.75, 3.05) is 45.8 Å². The third-order valence-electron chi connectivity index (χ3n) is 4.61. The van der Waals surface area contributed by atoms with Crippen LogP contribution in [-0.2, 0) is 10.2 Å². The molecule has 20 heavy (non-hydrogen) atoms. The van der Waals surface area contributed by atoms with Gasteiger partial charge in [-0.05, 0) is 44.7 Å². The van der Waals surface area contributed by atoms with Crippen LogP contribution in [0.4, 0.5) is 0 Å². The number of likely N-dealkylation sites (tertiary alicyclic amines) is 1. The van der Waals surface area contributed by atoms with Gasteiger partial charge in [-0.1, -0.05) is 13.8 Å². The quantitative estimate of drug-likeness (QED) is 0.744. The lowest BCUT2D eigenvalue weighted by Gasteiger charge is -2.34. The van der Waals surface area contributed by atoms with E-state index in [1.807, 2.05) is 6.92 Å². The number of nitrogens with zero attached hydrogens (tertiary/aromatic N) is 3. The maximum atomic E-state index is 12.7. The fourth-order valence-electron chi connectivity index (χ4n) is 3.07. The van der Waals surface area contributed by atoms with Gasteiger partial charge in [-0.3, -0.25) is 0 Å². The van der Waals surface area contributed by atoms with Gasteiger partial charge in [-0.15, -0.1) is 0 Å². The summed E-state index contributed by atoms with van der Waals surface area (Å²) in [5, 5.41) is 0. The van der Waals surface area contributed by atoms with Crippen LogP contribution in [-0.4, -0.2) is 67.7 Å². The average Bonchev–Trinajstić information content (AvgIpc) is 2.93. The van der Waals surface area contributed by atoms with Crippen molar-refractivity contribution in [2.45, 2.75) is 39.5 Å². The Labute approximate surface area is 124 Å². The van der Waals surface area contributed by atoms with Gasteiger partial charge in [0.15, 0.2) is 0 Å². The number of rotatable bonds is 6. The minimum Gasteiger partial charge on any atom is -0.302 e. The molecule has 0 bridgehead atoms. The highest BCUT2D eigenvalue weighted by Gasteiger charge is 2.31. The summed E-state index contributed by atoms with van der Waals surface area (Å²) in [4.78, 5) is 2.37. The maximum absolute atomic E-state index is 12.7. The lowest BCUT2D eigenvalue weighted by molar-refractivity contribution is 0.252. The molecule has 0 amide bonds. The molecule has 2 heterocycles. The lowest BCUT2D eigenvalue weighted by atomic mass is 10.0. The SMILES string of the molecule is CCN(CCN1CCCC1)S(=O)(=O)N1CCC(C)CC1. The van der Waals surface area contributed by atoms with Crippen molar-refractivity contribution in [3.8, 4) is 0 Å². The van der Waals surface area contributed by atoms with Crippen molar-refractivity contribution in [3.05, 3.63) is 0 Å². The molecule has 0 aromatic carbocycles. The van der Waals surface area contributed by atoms with Crippen LogP contribution in [0.1, 0.15) is 39.5 Å². The second-order valence-corrected chi connectivity index (χ2v) is 8.06. The van der Waals surface area contributed by atoms with Crippen molar-refractivity contribution < 1.29 is 8.42 Å². The van der Waals surface area contributed by atoms with Crippen LogP contribution >= 0.6 is 0 Å². The van der Waals surface area contributed by atoms with E-state index < -0.39 is 10.2 Å². The van der Waals surface area contributed by atoms with E-state index in [1.165, 1.54) is 12.8 Å². The van der Waals surface area contributed by atoms with Crippen molar-refractivity contribution in [3.63, 3.8) is 0 Å². The molecular weight excluding hydrogens is 274 g/mol. The van der Waals surface area contributed by atoms with Crippen LogP contribution < -0.4 is 0 Å². The Balaban J connectivity index is 1.90. The molecule has 2 rings (SSSR count). The first-order chi connectivity index (χ1) is 9.54. The van der Waals surface area contributed by atoms with Crippen molar-refractivity contribution in [1.82, 2.24) is 13.5 Å². The maximum Gasteiger partial charge on any atom is 0.282 e. The molecule has 2 saturated heterocycles. The van der Waals surface area contributed by atoms with Crippen LogP contribution in [0.2, 0.25) is 0 Å². The van der Waals surface area contributed by atoms with Crippen molar-refractivity contribution in [2.24, 2.45) is 5.92 Å². The third-order valence-corrected chi connectivity index (χ3v) is 6.72. The van der Waals surface area contributed by atoms with Crippen LogP contribution in [0, 0.1) is 5.92 Å². The van der Waals surface area contributed by atoms with Crippen LogP contribution in [0.15, 0.2) is 0 Å². The normalized spacial score (nSPS) is 23.8. The summed E-state index contributed by atoms with van der Waals surface area (Å²) in [6.45, 7) is 9.83. The van der Waals surface area contributed by atoms with Gasteiger partial charge in [0.1, 0.15) is 0 Å². The summed E-state index contributed by atoms with van der Waals surface area (Å²) in [5.74, 6) is 0.654. The smallest absolute Gasteiger partial charge is 0.282 e. The second kappa shape index (κ2) is 7.20. The summed E-state index contributed by atoms with van der Waals surface area (Å²) < 4.78 is 28.7. The Morgan fingerprint density at radius 2 is 1.70 bits per heavy atom. The molecule has 0 radical (unpaired) electrons. The fraction of sp³-hybridized carbons (Fsp3) is 1.00. The molecule has 118 valence electrons.